The molecule has 0 unspecified atom stereocenters. The van der Waals surface area contributed by atoms with E-state index in [2.05, 4.69) is 13.2 Å². The minimum absolute atomic E-state index is 0.195. The zero-order chi connectivity index (χ0) is 10.4. The van der Waals surface area contributed by atoms with Crippen LogP contribution in [0.3, 0.4) is 0 Å². The monoisotopic (exact) mass is 188 g/mol. The van der Waals surface area contributed by atoms with Crippen LogP contribution in [0, 0.1) is 0 Å². The molecule has 0 amide bonds. The molecule has 0 aliphatic rings. The maximum atomic E-state index is 8.09. The van der Waals surface area contributed by atoms with Gasteiger partial charge in [0.25, 0.3) is 0 Å². The highest BCUT2D eigenvalue weighted by Gasteiger charge is 1.77. The third-order valence-electron chi connectivity index (χ3n) is 1.04. The van der Waals surface area contributed by atoms with E-state index in [-0.39, 0.29) is 13.2 Å². The summed E-state index contributed by atoms with van der Waals surface area (Å²) in [5.41, 5.74) is 0. The van der Waals surface area contributed by atoms with Crippen molar-refractivity contribution >= 4 is 0 Å². The zero-order valence-corrected chi connectivity index (χ0v) is 8.11. The molecule has 0 bridgehead atoms. The lowest BCUT2D eigenvalue weighted by molar-refractivity contribution is 0.194. The zero-order valence-electron chi connectivity index (χ0n) is 8.11. The summed E-state index contributed by atoms with van der Waals surface area (Å²) in [4.78, 5) is 0. The molecule has 0 aromatic heterocycles. The fourth-order valence-corrected chi connectivity index (χ4v) is 0.458. The molecule has 0 aromatic rings. The Labute approximate surface area is 80.4 Å². The first-order valence-electron chi connectivity index (χ1n) is 4.34. The van der Waals surface area contributed by atoms with Gasteiger partial charge in [-0.2, -0.15) is 0 Å². The summed E-state index contributed by atoms with van der Waals surface area (Å²) >= 11 is 0. The molecule has 0 heterocycles. The van der Waals surface area contributed by atoms with E-state index in [1.54, 1.807) is 12.2 Å². The van der Waals surface area contributed by atoms with Crippen LogP contribution < -0.4 is 0 Å². The van der Waals surface area contributed by atoms with Crippen LogP contribution in [0.4, 0.5) is 0 Å². The Bertz CT molecular complexity index is 90.3. The van der Waals surface area contributed by atoms with Crippen molar-refractivity contribution in [3.8, 4) is 0 Å². The predicted octanol–water partition coefficient (Wildman–Crippen LogP) is 1.13. The molecule has 13 heavy (non-hydrogen) atoms. The number of unbranched alkanes of at least 4 members (excludes halogenated alkanes) is 1. The molecule has 0 aliphatic carbocycles. The summed E-state index contributed by atoms with van der Waals surface area (Å²) in [6.07, 6.45) is 4.86. The highest BCUT2D eigenvalue weighted by Crippen LogP contribution is 1.80. The van der Waals surface area contributed by atoms with Gasteiger partial charge in [0.05, 0.1) is 13.2 Å². The summed E-state index contributed by atoms with van der Waals surface area (Å²) < 4.78 is 4.90. The van der Waals surface area contributed by atoms with Crippen LogP contribution in [0.5, 0.6) is 0 Å². The van der Waals surface area contributed by atoms with Crippen molar-refractivity contribution in [1.29, 1.82) is 0 Å². The minimum Gasteiger partial charge on any atom is -0.396 e. The van der Waals surface area contributed by atoms with Crippen molar-refractivity contribution in [3.05, 3.63) is 25.3 Å². The van der Waals surface area contributed by atoms with E-state index in [1.165, 1.54) is 0 Å². The van der Waals surface area contributed by atoms with E-state index in [9.17, 15) is 0 Å². The third-order valence-corrected chi connectivity index (χ3v) is 1.04. The maximum absolute atomic E-state index is 8.09. The van der Waals surface area contributed by atoms with E-state index in [0.717, 1.165) is 12.8 Å². The van der Waals surface area contributed by atoms with Crippen molar-refractivity contribution in [1.82, 2.24) is 0 Å². The summed E-state index contributed by atoms with van der Waals surface area (Å²) in [6.45, 7) is 8.57. The number of hydrogen-bond acceptors (Lipinski definition) is 3. The number of ether oxygens (including phenoxy) is 1. The first kappa shape index (κ1) is 14.9. The Balaban J connectivity index is 0. The van der Waals surface area contributed by atoms with Gasteiger partial charge >= 0.3 is 0 Å². The van der Waals surface area contributed by atoms with E-state index in [4.69, 9.17) is 14.9 Å². The Morgan fingerprint density at radius 1 is 0.923 bits per heavy atom. The van der Waals surface area contributed by atoms with Crippen LogP contribution in [0.2, 0.25) is 0 Å². The van der Waals surface area contributed by atoms with Gasteiger partial charge in [0.2, 0.25) is 0 Å². The lowest BCUT2D eigenvalue weighted by atomic mass is 10.3. The number of aliphatic hydroxyl groups is 2. The fraction of sp³-hybridized carbons (Fsp3) is 0.600. The van der Waals surface area contributed by atoms with Gasteiger partial charge in [0.1, 0.15) is 0 Å². The average molecular weight is 188 g/mol. The molecule has 0 atom stereocenters. The lowest BCUT2D eigenvalue weighted by Crippen LogP contribution is -1.87. The second kappa shape index (κ2) is 17.4. The molecule has 0 radical (unpaired) electrons. The molecule has 0 fully saturated rings. The van der Waals surface area contributed by atoms with Crippen LogP contribution >= 0.6 is 0 Å². The van der Waals surface area contributed by atoms with Crippen molar-refractivity contribution in [2.24, 2.45) is 0 Å². The van der Waals surface area contributed by atoms with Crippen LogP contribution in [0.1, 0.15) is 12.8 Å². The highest BCUT2D eigenvalue weighted by molar-refractivity contribution is 4.68. The van der Waals surface area contributed by atoms with Gasteiger partial charge in [-0.1, -0.05) is 12.2 Å². The Morgan fingerprint density at radius 3 is 1.54 bits per heavy atom. The molecule has 0 aromatic carbocycles. The normalized spacial score (nSPS) is 8.46. The van der Waals surface area contributed by atoms with E-state index >= 15 is 0 Å². The number of aliphatic hydroxyl groups excluding tert-OH is 2. The van der Waals surface area contributed by atoms with Gasteiger partial charge in [-0.25, -0.2) is 0 Å². The largest absolute Gasteiger partial charge is 0.396 e. The van der Waals surface area contributed by atoms with Gasteiger partial charge in [0, 0.05) is 13.2 Å². The van der Waals surface area contributed by atoms with Gasteiger partial charge in [-0.05, 0) is 12.8 Å². The van der Waals surface area contributed by atoms with Crippen molar-refractivity contribution in [2.75, 3.05) is 26.4 Å². The molecule has 78 valence electrons. The minimum atomic E-state index is 0.195. The van der Waals surface area contributed by atoms with Gasteiger partial charge < -0.3 is 14.9 Å². The van der Waals surface area contributed by atoms with Crippen LogP contribution in [0.25, 0.3) is 0 Å². The molecular formula is C10H20O3. The standard InChI is InChI=1S/C6H10O.C4H10O2/c1-3-5-7-6-4-2;5-3-1-2-4-6/h3-4H,1-2,5-6H2;5-6H,1-4H2. The maximum Gasteiger partial charge on any atom is 0.0649 e. The second-order valence-electron chi connectivity index (χ2n) is 2.27. The molecule has 0 spiro atoms. The summed E-state index contributed by atoms with van der Waals surface area (Å²) in [6, 6.07) is 0. The first-order chi connectivity index (χ1) is 6.33. The van der Waals surface area contributed by atoms with E-state index in [1.807, 2.05) is 0 Å². The predicted molar refractivity (Wildman–Crippen MR) is 54.6 cm³/mol. The Morgan fingerprint density at radius 2 is 1.31 bits per heavy atom. The molecule has 0 rings (SSSR count). The topological polar surface area (TPSA) is 49.7 Å². The molecule has 0 saturated carbocycles. The van der Waals surface area contributed by atoms with Crippen molar-refractivity contribution < 1.29 is 14.9 Å². The molecule has 3 heteroatoms. The SMILES string of the molecule is C=CCOCC=C.OCCCCO. The average Bonchev–Trinajstić information content (AvgIpc) is 2.17. The fourth-order valence-electron chi connectivity index (χ4n) is 0.458. The van der Waals surface area contributed by atoms with Gasteiger partial charge in [0.15, 0.2) is 0 Å². The van der Waals surface area contributed by atoms with E-state index < -0.39 is 0 Å². The smallest absolute Gasteiger partial charge is 0.0649 e. The van der Waals surface area contributed by atoms with Gasteiger partial charge in [-0.15, -0.1) is 13.2 Å². The molecule has 2 N–H and O–H groups in total. The van der Waals surface area contributed by atoms with Crippen molar-refractivity contribution in [3.63, 3.8) is 0 Å². The molecule has 0 saturated heterocycles. The first-order valence-corrected chi connectivity index (χ1v) is 4.34. The molecule has 3 nitrogen and oxygen atoms in total. The van der Waals surface area contributed by atoms with E-state index in [0.29, 0.717) is 13.2 Å². The summed E-state index contributed by atoms with van der Waals surface area (Å²) in [5.74, 6) is 0. The quantitative estimate of drug-likeness (QED) is 0.465. The van der Waals surface area contributed by atoms with Crippen LogP contribution in [-0.2, 0) is 4.74 Å². The second-order valence-corrected chi connectivity index (χ2v) is 2.27. The van der Waals surface area contributed by atoms with Crippen LogP contribution in [-0.4, -0.2) is 36.6 Å². The summed E-state index contributed by atoms with van der Waals surface area (Å²) in [7, 11) is 0. The highest BCUT2D eigenvalue weighted by atomic mass is 16.5. The van der Waals surface area contributed by atoms with Gasteiger partial charge in [-0.3, -0.25) is 0 Å². The Kier molecular flexibility index (Phi) is 19.9. The van der Waals surface area contributed by atoms with Crippen molar-refractivity contribution in [2.45, 2.75) is 12.8 Å². The summed E-state index contributed by atoms with van der Waals surface area (Å²) in [5, 5.41) is 16.2. The number of rotatable bonds is 7. The molecular weight excluding hydrogens is 168 g/mol. The molecule has 0 aliphatic heterocycles. The van der Waals surface area contributed by atoms with Crippen LogP contribution in [0.15, 0.2) is 25.3 Å². The Hall–Kier alpha value is -0.640. The number of hydrogen-bond donors (Lipinski definition) is 2. The third kappa shape index (κ3) is 24.6. The lowest BCUT2D eigenvalue weighted by Gasteiger charge is -1.89.